The summed E-state index contributed by atoms with van der Waals surface area (Å²) >= 11 is 0. The zero-order valence-electron chi connectivity index (χ0n) is 12.9. The topological polar surface area (TPSA) is 155 Å². The number of esters is 2. The molecule has 2 unspecified atom stereocenters. The van der Waals surface area contributed by atoms with Gasteiger partial charge in [-0.25, -0.2) is 9.59 Å². The molecule has 0 aliphatic heterocycles. The number of Topliss-reactive ketones (excluding diaryl/α,β-unsaturated/α-hetero) is 6. The van der Waals surface area contributed by atoms with E-state index in [1.54, 1.807) is 0 Å². The Balaban J connectivity index is 2.08. The van der Waals surface area contributed by atoms with Gasteiger partial charge in [-0.05, 0) is 0 Å². The van der Waals surface area contributed by atoms with Gasteiger partial charge in [-0.1, -0.05) is 0 Å². The van der Waals surface area contributed by atoms with Crippen molar-refractivity contribution in [3.63, 3.8) is 0 Å². The summed E-state index contributed by atoms with van der Waals surface area (Å²) in [5, 5.41) is 0. The summed E-state index contributed by atoms with van der Waals surface area (Å²) in [7, 11) is 0.885. The summed E-state index contributed by atoms with van der Waals surface area (Å²) in [5.74, 6) is -13.1. The van der Waals surface area contributed by atoms with Gasteiger partial charge in [0.25, 0.3) is 11.6 Å². The van der Waals surface area contributed by atoms with E-state index in [4.69, 9.17) is 0 Å². The van der Waals surface area contributed by atoms with Crippen LogP contribution < -0.4 is 0 Å². The number of rotatable bonds is 5. The minimum absolute atomic E-state index is 0.168. The Labute approximate surface area is 139 Å². The number of hydrogen-bond acceptors (Lipinski definition) is 10. The van der Waals surface area contributed by atoms with Crippen LogP contribution in [0.1, 0.15) is 19.3 Å². The highest BCUT2D eigenvalue weighted by Crippen LogP contribution is 2.24. The Morgan fingerprint density at radius 1 is 0.800 bits per heavy atom. The summed E-state index contributed by atoms with van der Waals surface area (Å²) in [6.07, 6.45) is -2.77. The molecule has 0 aromatic carbocycles. The average Bonchev–Trinajstić information content (AvgIpc) is 3.04. The van der Waals surface area contributed by atoms with Crippen LogP contribution in [-0.2, 0) is 47.8 Å². The van der Waals surface area contributed by atoms with Crippen molar-refractivity contribution in [1.82, 2.24) is 0 Å². The fourth-order valence-electron chi connectivity index (χ4n) is 2.65. The maximum absolute atomic E-state index is 12.0. The number of ketones is 6. The van der Waals surface area contributed by atoms with Crippen molar-refractivity contribution >= 4 is 46.6 Å². The molecule has 0 aromatic heterocycles. The molecule has 0 N–H and O–H groups in total. The lowest BCUT2D eigenvalue weighted by Gasteiger charge is -2.11. The van der Waals surface area contributed by atoms with Crippen LogP contribution in [0.4, 0.5) is 0 Å². The van der Waals surface area contributed by atoms with Gasteiger partial charge in [0.2, 0.25) is 0 Å². The third kappa shape index (κ3) is 3.28. The molecule has 0 spiro atoms. The summed E-state index contributed by atoms with van der Waals surface area (Å²) in [6.45, 7) is 0. The molecule has 132 valence electrons. The van der Waals surface area contributed by atoms with Crippen molar-refractivity contribution < 1.29 is 47.8 Å². The lowest BCUT2D eigenvalue weighted by Crippen LogP contribution is -2.38. The van der Waals surface area contributed by atoms with E-state index in [-0.39, 0.29) is 12.8 Å². The second-order valence-electron chi connectivity index (χ2n) is 5.49. The molecule has 0 radical (unpaired) electrons. The van der Waals surface area contributed by atoms with Gasteiger partial charge in [0.05, 0.1) is 13.5 Å². The molecule has 0 amide bonds. The standard InChI is InChI=1S/C15H12O10/c1-24-14(22)13(21)10-7(18)4-8(11(10)19)25-15(23)12(20)9-5(16)2-3-6(9)17/h8-10H,2-4H2,1H3. The van der Waals surface area contributed by atoms with Gasteiger partial charge >= 0.3 is 11.9 Å². The molecule has 0 aromatic rings. The Morgan fingerprint density at radius 3 is 1.84 bits per heavy atom. The van der Waals surface area contributed by atoms with Crippen LogP contribution >= 0.6 is 0 Å². The first-order valence-electron chi connectivity index (χ1n) is 7.17. The number of hydrogen-bond donors (Lipinski definition) is 0. The molecular weight excluding hydrogens is 340 g/mol. The molecule has 25 heavy (non-hydrogen) atoms. The SMILES string of the molecule is COC(=O)C(=O)C1C(=O)CC(OC(=O)C(=O)C2C(=O)CCC2=O)C1=O. The number of carbonyl (C=O) groups is 8. The number of ether oxygens (including phenoxy) is 2. The molecule has 2 rings (SSSR count). The average molecular weight is 352 g/mol. The maximum Gasteiger partial charge on any atom is 0.376 e. The Morgan fingerprint density at radius 2 is 1.32 bits per heavy atom. The predicted molar refractivity (Wildman–Crippen MR) is 72.8 cm³/mol. The lowest BCUT2D eigenvalue weighted by molar-refractivity contribution is -0.163. The predicted octanol–water partition coefficient (Wildman–Crippen LogP) is -2.08. The van der Waals surface area contributed by atoms with Crippen molar-refractivity contribution in [2.24, 2.45) is 11.8 Å². The molecule has 2 atom stereocenters. The van der Waals surface area contributed by atoms with Crippen LogP contribution in [0, 0.1) is 11.8 Å². The van der Waals surface area contributed by atoms with Gasteiger partial charge in [-0.15, -0.1) is 0 Å². The van der Waals surface area contributed by atoms with Gasteiger partial charge in [-0.2, -0.15) is 0 Å². The van der Waals surface area contributed by atoms with Crippen molar-refractivity contribution in [2.75, 3.05) is 7.11 Å². The second-order valence-corrected chi connectivity index (χ2v) is 5.49. The zero-order chi connectivity index (χ0) is 18.9. The van der Waals surface area contributed by atoms with Crippen molar-refractivity contribution in [3.8, 4) is 0 Å². The summed E-state index contributed by atoms with van der Waals surface area (Å²) < 4.78 is 8.73. The van der Waals surface area contributed by atoms with Gasteiger partial charge in [0.1, 0.15) is 5.92 Å². The Hall–Kier alpha value is -3.04. The van der Waals surface area contributed by atoms with E-state index in [0.29, 0.717) is 0 Å². The molecular formula is C15H12O10. The van der Waals surface area contributed by atoms with Crippen LogP contribution in [0.25, 0.3) is 0 Å². The normalized spacial score (nSPS) is 23.7. The van der Waals surface area contributed by atoms with E-state index < -0.39 is 71.0 Å². The molecule has 2 aliphatic rings. The largest absolute Gasteiger partial charge is 0.463 e. The van der Waals surface area contributed by atoms with Crippen molar-refractivity contribution in [2.45, 2.75) is 25.4 Å². The summed E-state index contributed by atoms with van der Waals surface area (Å²) in [6, 6.07) is 0. The van der Waals surface area contributed by atoms with Gasteiger partial charge in [-0.3, -0.25) is 28.8 Å². The first kappa shape index (κ1) is 18.3. The lowest BCUT2D eigenvalue weighted by atomic mass is 10.00. The molecule has 0 bridgehead atoms. The molecule has 2 saturated carbocycles. The van der Waals surface area contributed by atoms with Crippen LogP contribution in [0.5, 0.6) is 0 Å². The Bertz CT molecular complexity index is 715. The molecule has 10 heteroatoms. The fraction of sp³-hybridized carbons (Fsp3) is 0.467. The monoisotopic (exact) mass is 352 g/mol. The van der Waals surface area contributed by atoms with Crippen LogP contribution in [0.3, 0.4) is 0 Å². The molecule has 0 saturated heterocycles. The zero-order valence-corrected chi connectivity index (χ0v) is 12.9. The van der Waals surface area contributed by atoms with Gasteiger partial charge in [0.15, 0.2) is 35.2 Å². The number of methoxy groups -OCH3 is 1. The minimum atomic E-state index is -1.96. The number of carbonyl (C=O) groups excluding carboxylic acids is 8. The first-order chi connectivity index (χ1) is 11.7. The third-order valence-electron chi connectivity index (χ3n) is 3.93. The van der Waals surface area contributed by atoms with Gasteiger partial charge in [0, 0.05) is 12.8 Å². The minimum Gasteiger partial charge on any atom is -0.463 e. The second kappa shape index (κ2) is 6.83. The van der Waals surface area contributed by atoms with E-state index in [1.165, 1.54) is 0 Å². The van der Waals surface area contributed by atoms with Crippen LogP contribution in [-0.4, -0.2) is 59.9 Å². The van der Waals surface area contributed by atoms with Crippen molar-refractivity contribution in [1.29, 1.82) is 0 Å². The quantitative estimate of drug-likeness (QED) is 0.305. The van der Waals surface area contributed by atoms with E-state index in [2.05, 4.69) is 9.47 Å². The first-order valence-corrected chi connectivity index (χ1v) is 7.17. The highest BCUT2D eigenvalue weighted by molar-refractivity contribution is 6.47. The van der Waals surface area contributed by atoms with Crippen molar-refractivity contribution in [3.05, 3.63) is 0 Å². The highest BCUT2D eigenvalue weighted by Gasteiger charge is 2.51. The molecule has 0 heterocycles. The van der Waals surface area contributed by atoms with E-state index in [1.807, 2.05) is 0 Å². The van der Waals surface area contributed by atoms with Crippen LogP contribution in [0.15, 0.2) is 0 Å². The van der Waals surface area contributed by atoms with E-state index >= 15 is 0 Å². The van der Waals surface area contributed by atoms with Gasteiger partial charge < -0.3 is 9.47 Å². The molecule has 2 aliphatic carbocycles. The molecule has 2 fully saturated rings. The summed E-state index contributed by atoms with van der Waals surface area (Å²) in [5.41, 5.74) is 0. The third-order valence-corrected chi connectivity index (χ3v) is 3.93. The molecule has 10 nitrogen and oxygen atoms in total. The summed E-state index contributed by atoms with van der Waals surface area (Å²) in [4.78, 5) is 93.1. The van der Waals surface area contributed by atoms with E-state index in [0.717, 1.165) is 7.11 Å². The highest BCUT2D eigenvalue weighted by atomic mass is 16.6. The van der Waals surface area contributed by atoms with Crippen LogP contribution in [0.2, 0.25) is 0 Å². The van der Waals surface area contributed by atoms with E-state index in [9.17, 15) is 38.4 Å². The Kier molecular flexibility index (Phi) is 5.00. The fourth-order valence-corrected chi connectivity index (χ4v) is 2.65. The maximum atomic E-state index is 12.0. The smallest absolute Gasteiger partial charge is 0.376 e.